The van der Waals surface area contributed by atoms with E-state index in [1.807, 2.05) is 23.7 Å². The van der Waals surface area contributed by atoms with Crippen LogP contribution in [-0.2, 0) is 6.54 Å². The van der Waals surface area contributed by atoms with Crippen molar-refractivity contribution >= 4 is 16.8 Å². The molecule has 3 rings (SSSR count). The van der Waals surface area contributed by atoms with E-state index in [-0.39, 0.29) is 19.1 Å². The van der Waals surface area contributed by atoms with Crippen LogP contribution in [0.2, 0.25) is 0 Å². The molecule has 6 nitrogen and oxygen atoms in total. The van der Waals surface area contributed by atoms with Gasteiger partial charge in [-0.25, -0.2) is 0 Å². The summed E-state index contributed by atoms with van der Waals surface area (Å²) in [6, 6.07) is 3.71. The molecule has 1 aromatic carbocycles. The number of rotatable bonds is 5. The van der Waals surface area contributed by atoms with Crippen LogP contribution in [0.4, 0.5) is 0 Å². The van der Waals surface area contributed by atoms with Crippen LogP contribution < -0.4 is 10.6 Å². The number of nitrogens with zero attached hydrogens (tertiary/aromatic N) is 2. The summed E-state index contributed by atoms with van der Waals surface area (Å²) in [6.45, 7) is 5.26. The number of carbonyl (C=O) groups excluding carboxylic acids is 1. The lowest BCUT2D eigenvalue weighted by Gasteiger charge is -2.22. The minimum Gasteiger partial charge on any atom is -0.395 e. The lowest BCUT2D eigenvalue weighted by atomic mass is 9.98. The Hall–Kier alpha value is -1.92. The van der Waals surface area contributed by atoms with Crippen LogP contribution in [0.25, 0.3) is 10.9 Å². The zero-order valence-electron chi connectivity index (χ0n) is 13.5. The van der Waals surface area contributed by atoms with E-state index in [0.29, 0.717) is 11.5 Å². The van der Waals surface area contributed by atoms with Gasteiger partial charge in [-0.1, -0.05) is 0 Å². The number of hydrogen-bond donors (Lipinski definition) is 3. The zero-order valence-corrected chi connectivity index (χ0v) is 13.5. The molecule has 0 aliphatic carbocycles. The third-order valence-corrected chi connectivity index (χ3v) is 4.55. The second kappa shape index (κ2) is 7.10. The normalized spacial score (nSPS) is 15.9. The molecule has 6 heteroatoms. The highest BCUT2D eigenvalue weighted by atomic mass is 16.3. The fourth-order valence-electron chi connectivity index (χ4n) is 3.21. The SMILES string of the molecule is Cc1c(C(=O)NCCO)ccc2nn(CC3CCNCC3)cc12. The number of aliphatic hydroxyl groups is 1. The lowest BCUT2D eigenvalue weighted by Crippen LogP contribution is -2.29. The number of aryl methyl sites for hydroxylation is 1. The Labute approximate surface area is 135 Å². The quantitative estimate of drug-likeness (QED) is 0.771. The Morgan fingerprint density at radius 3 is 2.96 bits per heavy atom. The number of carbonyl (C=O) groups is 1. The molecule has 23 heavy (non-hydrogen) atoms. The summed E-state index contributed by atoms with van der Waals surface area (Å²) < 4.78 is 2.02. The predicted octanol–water partition coefficient (Wildman–Crippen LogP) is 1.07. The summed E-state index contributed by atoms with van der Waals surface area (Å²) in [5.74, 6) is 0.516. The Balaban J connectivity index is 1.81. The van der Waals surface area contributed by atoms with Gasteiger partial charge in [0.15, 0.2) is 0 Å². The Bertz CT molecular complexity index is 689. The first-order valence-electron chi connectivity index (χ1n) is 8.25. The molecule has 0 bridgehead atoms. The van der Waals surface area contributed by atoms with E-state index >= 15 is 0 Å². The van der Waals surface area contributed by atoms with Gasteiger partial charge in [0.25, 0.3) is 5.91 Å². The molecular weight excluding hydrogens is 292 g/mol. The number of benzene rings is 1. The summed E-state index contributed by atoms with van der Waals surface area (Å²) in [4.78, 5) is 12.1. The maximum Gasteiger partial charge on any atom is 0.251 e. The number of hydrogen-bond acceptors (Lipinski definition) is 4. The first kappa shape index (κ1) is 16.0. The van der Waals surface area contributed by atoms with Crippen molar-refractivity contribution in [1.82, 2.24) is 20.4 Å². The third kappa shape index (κ3) is 3.54. The van der Waals surface area contributed by atoms with Crippen LogP contribution in [0, 0.1) is 12.8 Å². The van der Waals surface area contributed by atoms with Gasteiger partial charge < -0.3 is 15.7 Å². The van der Waals surface area contributed by atoms with Gasteiger partial charge in [-0.05, 0) is 56.5 Å². The summed E-state index contributed by atoms with van der Waals surface area (Å²) in [7, 11) is 0. The van der Waals surface area contributed by atoms with Crippen molar-refractivity contribution in [3.05, 3.63) is 29.5 Å². The number of aliphatic hydroxyl groups excluding tert-OH is 1. The van der Waals surface area contributed by atoms with Crippen molar-refractivity contribution in [3.8, 4) is 0 Å². The Kier molecular flexibility index (Phi) is 4.93. The number of nitrogens with one attached hydrogen (secondary N) is 2. The van der Waals surface area contributed by atoms with Crippen molar-refractivity contribution in [2.24, 2.45) is 5.92 Å². The molecule has 0 spiro atoms. The van der Waals surface area contributed by atoms with E-state index in [2.05, 4.69) is 21.9 Å². The average molecular weight is 316 g/mol. The second-order valence-corrected chi connectivity index (χ2v) is 6.19. The molecule has 124 valence electrons. The van der Waals surface area contributed by atoms with E-state index < -0.39 is 0 Å². The van der Waals surface area contributed by atoms with Crippen LogP contribution >= 0.6 is 0 Å². The maximum absolute atomic E-state index is 12.1. The highest BCUT2D eigenvalue weighted by Crippen LogP contribution is 2.22. The van der Waals surface area contributed by atoms with Crippen LogP contribution in [0.5, 0.6) is 0 Å². The van der Waals surface area contributed by atoms with Crippen LogP contribution in [0.1, 0.15) is 28.8 Å². The first-order valence-corrected chi connectivity index (χ1v) is 8.25. The lowest BCUT2D eigenvalue weighted by molar-refractivity contribution is 0.0944. The number of piperidine rings is 1. The Morgan fingerprint density at radius 1 is 1.43 bits per heavy atom. The minimum absolute atomic E-state index is 0.0544. The molecule has 0 radical (unpaired) electrons. The number of aromatic nitrogens is 2. The van der Waals surface area contributed by atoms with Gasteiger partial charge in [-0.2, -0.15) is 5.10 Å². The highest BCUT2D eigenvalue weighted by Gasteiger charge is 2.16. The smallest absolute Gasteiger partial charge is 0.251 e. The molecule has 2 heterocycles. The van der Waals surface area contributed by atoms with Gasteiger partial charge in [0.05, 0.1) is 12.1 Å². The maximum atomic E-state index is 12.1. The largest absolute Gasteiger partial charge is 0.395 e. The van der Waals surface area contributed by atoms with Gasteiger partial charge >= 0.3 is 0 Å². The van der Waals surface area contributed by atoms with E-state index in [1.165, 1.54) is 12.8 Å². The molecular formula is C17H24N4O2. The third-order valence-electron chi connectivity index (χ3n) is 4.55. The summed E-state index contributed by atoms with van der Waals surface area (Å²) in [6.07, 6.45) is 4.42. The van der Waals surface area contributed by atoms with Gasteiger partial charge in [0, 0.05) is 30.2 Å². The van der Waals surface area contributed by atoms with Crippen LogP contribution in [0.15, 0.2) is 18.3 Å². The monoisotopic (exact) mass is 316 g/mol. The molecule has 1 saturated heterocycles. The molecule has 0 atom stereocenters. The van der Waals surface area contributed by atoms with E-state index in [4.69, 9.17) is 5.11 Å². The first-order chi connectivity index (χ1) is 11.2. The van der Waals surface area contributed by atoms with E-state index in [1.54, 1.807) is 0 Å². The fraction of sp³-hybridized carbons (Fsp3) is 0.529. The standard InChI is InChI=1S/C17H24N4O2/c1-12-14(17(23)19-8-9-22)2-3-16-15(12)11-21(20-16)10-13-4-6-18-7-5-13/h2-3,11,13,18,22H,4-10H2,1H3,(H,19,23). The molecule has 1 aliphatic heterocycles. The highest BCUT2D eigenvalue weighted by molar-refractivity contribution is 6.00. The molecule has 3 N–H and O–H groups in total. The summed E-state index contributed by atoms with van der Waals surface area (Å²) >= 11 is 0. The molecule has 1 aromatic heterocycles. The van der Waals surface area contributed by atoms with Gasteiger partial charge in [-0.15, -0.1) is 0 Å². The van der Waals surface area contributed by atoms with Gasteiger partial charge in [0.2, 0.25) is 0 Å². The predicted molar refractivity (Wildman–Crippen MR) is 89.5 cm³/mol. The number of fused-ring (bicyclic) bond motifs is 1. The van der Waals surface area contributed by atoms with Crippen molar-refractivity contribution in [2.75, 3.05) is 26.2 Å². The van der Waals surface area contributed by atoms with E-state index in [0.717, 1.165) is 36.1 Å². The summed E-state index contributed by atoms with van der Waals surface area (Å²) in [5.41, 5.74) is 2.51. The summed E-state index contributed by atoms with van der Waals surface area (Å²) in [5, 5.41) is 20.6. The molecule has 0 unspecified atom stereocenters. The van der Waals surface area contributed by atoms with E-state index in [9.17, 15) is 4.79 Å². The zero-order chi connectivity index (χ0) is 16.2. The number of amides is 1. The topological polar surface area (TPSA) is 79.2 Å². The van der Waals surface area contributed by atoms with Crippen molar-refractivity contribution in [2.45, 2.75) is 26.3 Å². The van der Waals surface area contributed by atoms with Gasteiger partial charge in [-0.3, -0.25) is 9.48 Å². The molecule has 1 amide bonds. The average Bonchev–Trinajstić information content (AvgIpc) is 2.97. The van der Waals surface area contributed by atoms with Gasteiger partial charge in [0.1, 0.15) is 0 Å². The van der Waals surface area contributed by atoms with Crippen molar-refractivity contribution in [3.63, 3.8) is 0 Å². The molecule has 0 saturated carbocycles. The van der Waals surface area contributed by atoms with Crippen LogP contribution in [-0.4, -0.2) is 47.0 Å². The Morgan fingerprint density at radius 2 is 2.22 bits per heavy atom. The van der Waals surface area contributed by atoms with Crippen molar-refractivity contribution < 1.29 is 9.90 Å². The molecule has 1 aliphatic rings. The van der Waals surface area contributed by atoms with Crippen molar-refractivity contribution in [1.29, 1.82) is 0 Å². The second-order valence-electron chi connectivity index (χ2n) is 6.19. The fourth-order valence-corrected chi connectivity index (χ4v) is 3.21. The minimum atomic E-state index is -0.149. The molecule has 1 fully saturated rings. The molecule has 2 aromatic rings. The van der Waals surface area contributed by atoms with Crippen LogP contribution in [0.3, 0.4) is 0 Å².